The lowest BCUT2D eigenvalue weighted by Crippen LogP contribution is -2.28. The zero-order valence-corrected chi connectivity index (χ0v) is 14.8. The largest absolute Gasteiger partial charge is 0.455 e. The zero-order chi connectivity index (χ0) is 17.6. The van der Waals surface area contributed by atoms with Gasteiger partial charge in [-0.2, -0.15) is 0 Å². The van der Waals surface area contributed by atoms with Gasteiger partial charge in [-0.3, -0.25) is 0 Å². The molecule has 2 aliphatic heterocycles. The van der Waals surface area contributed by atoms with Crippen molar-refractivity contribution in [1.29, 1.82) is 0 Å². The monoisotopic (exact) mass is 339 g/mol. The normalized spacial score (nSPS) is 38.3. The van der Waals surface area contributed by atoms with Crippen molar-refractivity contribution in [2.24, 2.45) is 5.92 Å². The number of carbonyl (C=O) groups is 1. The van der Waals surface area contributed by atoms with Crippen LogP contribution in [0.3, 0.4) is 0 Å². The van der Waals surface area contributed by atoms with Crippen molar-refractivity contribution >= 4 is 17.7 Å². The molecule has 0 spiro atoms. The molecular weight excluding hydrogens is 314 g/mol. The Morgan fingerprint density at radius 3 is 2.80 bits per heavy atom. The fourth-order valence-corrected chi connectivity index (χ4v) is 4.09. The van der Waals surface area contributed by atoms with Crippen molar-refractivity contribution in [3.63, 3.8) is 0 Å². The van der Waals surface area contributed by atoms with Crippen molar-refractivity contribution in [2.45, 2.75) is 57.3 Å². The first-order valence-corrected chi connectivity index (χ1v) is 9.08. The molecule has 2 N–H and O–H groups in total. The quantitative estimate of drug-likeness (QED) is 0.277. The number of epoxide rings is 1. The van der Waals surface area contributed by atoms with Gasteiger partial charge in [-0.05, 0) is 63.3 Å². The first kappa shape index (κ1) is 16.4. The summed E-state index contributed by atoms with van der Waals surface area (Å²) in [6.45, 7) is 4.31. The standard InChI is InChI=1S/C21H25NO3/c1-13-4-3-11-21(2)19(25-21)18-16(10-5-13)17(20(23)24-18)12-14-6-8-15(22)9-7-14/h4,6-9,12,16,18-19H,3,5,10-11,22H2,1-2H3/b13-4+,17-12+/t16-,18-,19+,21+/m0/s1. The lowest BCUT2D eigenvalue weighted by atomic mass is 9.83. The first-order valence-electron chi connectivity index (χ1n) is 9.08. The Hall–Kier alpha value is -2.07. The highest BCUT2D eigenvalue weighted by atomic mass is 16.6. The highest BCUT2D eigenvalue weighted by molar-refractivity contribution is 5.96. The molecule has 0 aromatic heterocycles. The molecule has 2 heterocycles. The number of hydrogen-bond acceptors (Lipinski definition) is 4. The Bertz CT molecular complexity index is 749. The Labute approximate surface area is 148 Å². The first-order chi connectivity index (χ1) is 12.0. The highest BCUT2D eigenvalue weighted by Crippen LogP contribution is 2.50. The average molecular weight is 339 g/mol. The number of carbonyl (C=O) groups excluding carboxylic acids is 1. The number of nitrogens with two attached hydrogens (primary N) is 1. The van der Waals surface area contributed by atoms with Crippen molar-refractivity contribution in [3.8, 4) is 0 Å². The second-order valence-electron chi connectivity index (χ2n) is 7.72. The molecule has 25 heavy (non-hydrogen) atoms. The lowest BCUT2D eigenvalue weighted by Gasteiger charge is -2.19. The van der Waals surface area contributed by atoms with Crippen LogP contribution in [0.2, 0.25) is 0 Å². The number of allylic oxidation sites excluding steroid dienone is 2. The third kappa shape index (κ3) is 3.11. The van der Waals surface area contributed by atoms with Crippen LogP contribution in [0.15, 0.2) is 41.5 Å². The fraction of sp³-hybridized carbons (Fsp3) is 0.476. The van der Waals surface area contributed by atoms with E-state index in [4.69, 9.17) is 15.2 Å². The predicted octanol–water partition coefficient (Wildman–Crippen LogP) is 3.87. The number of anilines is 1. The van der Waals surface area contributed by atoms with Crippen LogP contribution < -0.4 is 5.73 Å². The van der Waals surface area contributed by atoms with Crippen LogP contribution >= 0.6 is 0 Å². The second-order valence-corrected chi connectivity index (χ2v) is 7.72. The third-order valence-corrected chi connectivity index (χ3v) is 5.76. The number of ether oxygens (including phenoxy) is 2. The maximum atomic E-state index is 12.6. The third-order valence-electron chi connectivity index (χ3n) is 5.76. The van der Waals surface area contributed by atoms with Gasteiger partial charge >= 0.3 is 5.97 Å². The Morgan fingerprint density at radius 1 is 1.28 bits per heavy atom. The van der Waals surface area contributed by atoms with Crippen LogP contribution in [0.1, 0.15) is 45.1 Å². The fourth-order valence-electron chi connectivity index (χ4n) is 4.09. The minimum Gasteiger partial charge on any atom is -0.455 e. The van der Waals surface area contributed by atoms with Gasteiger partial charge in [-0.15, -0.1) is 0 Å². The van der Waals surface area contributed by atoms with Gasteiger partial charge in [0.15, 0.2) is 0 Å². The number of fused-ring (bicyclic) bond motifs is 3. The molecule has 0 unspecified atom stereocenters. The van der Waals surface area contributed by atoms with Crippen LogP contribution in [-0.2, 0) is 14.3 Å². The van der Waals surface area contributed by atoms with Gasteiger partial charge in [-0.25, -0.2) is 4.79 Å². The maximum absolute atomic E-state index is 12.6. The number of rotatable bonds is 1. The maximum Gasteiger partial charge on any atom is 0.334 e. The summed E-state index contributed by atoms with van der Waals surface area (Å²) in [6, 6.07) is 7.58. The van der Waals surface area contributed by atoms with E-state index >= 15 is 0 Å². The summed E-state index contributed by atoms with van der Waals surface area (Å²) in [6.07, 6.45) is 8.03. The van der Waals surface area contributed by atoms with Gasteiger partial charge in [0.25, 0.3) is 0 Å². The van der Waals surface area contributed by atoms with Gasteiger partial charge < -0.3 is 15.2 Å². The highest BCUT2D eigenvalue weighted by Gasteiger charge is 2.61. The van der Waals surface area contributed by atoms with Crippen LogP contribution in [0.25, 0.3) is 6.08 Å². The number of esters is 1. The molecule has 1 aromatic carbocycles. The summed E-state index contributed by atoms with van der Waals surface area (Å²) >= 11 is 0. The van der Waals surface area contributed by atoms with E-state index < -0.39 is 0 Å². The summed E-state index contributed by atoms with van der Waals surface area (Å²) in [4.78, 5) is 12.6. The molecule has 1 aliphatic carbocycles. The van der Waals surface area contributed by atoms with E-state index in [0.29, 0.717) is 0 Å². The molecule has 0 radical (unpaired) electrons. The summed E-state index contributed by atoms with van der Waals surface area (Å²) < 4.78 is 11.8. The van der Waals surface area contributed by atoms with E-state index in [1.54, 1.807) is 0 Å². The molecule has 0 bridgehead atoms. The topological polar surface area (TPSA) is 64.8 Å². The minimum absolute atomic E-state index is 0.0190. The van der Waals surface area contributed by atoms with Crippen LogP contribution in [0.4, 0.5) is 5.69 Å². The summed E-state index contributed by atoms with van der Waals surface area (Å²) in [5.74, 6) is -0.121. The van der Waals surface area contributed by atoms with E-state index in [1.807, 2.05) is 30.3 Å². The molecule has 4 rings (SSSR count). The Balaban J connectivity index is 1.67. The van der Waals surface area contributed by atoms with Gasteiger partial charge in [0.2, 0.25) is 0 Å². The summed E-state index contributed by atoms with van der Waals surface area (Å²) in [5.41, 5.74) is 9.44. The molecule has 0 saturated carbocycles. The lowest BCUT2D eigenvalue weighted by molar-refractivity contribution is -0.139. The van der Waals surface area contributed by atoms with E-state index in [2.05, 4.69) is 19.9 Å². The summed E-state index contributed by atoms with van der Waals surface area (Å²) in [5, 5.41) is 0. The second kappa shape index (κ2) is 6.03. The number of hydrogen-bond donors (Lipinski definition) is 1. The average Bonchev–Trinajstić information content (AvgIpc) is 3.15. The van der Waals surface area contributed by atoms with Crippen molar-refractivity contribution < 1.29 is 14.3 Å². The molecule has 4 atom stereocenters. The van der Waals surface area contributed by atoms with Crippen molar-refractivity contribution in [1.82, 2.24) is 0 Å². The molecule has 2 saturated heterocycles. The van der Waals surface area contributed by atoms with Gasteiger partial charge in [-0.1, -0.05) is 23.8 Å². The number of benzene rings is 1. The van der Waals surface area contributed by atoms with E-state index in [0.717, 1.165) is 42.5 Å². The van der Waals surface area contributed by atoms with Gasteiger partial charge in [0.05, 0.1) is 5.60 Å². The van der Waals surface area contributed by atoms with E-state index in [1.165, 1.54) is 5.57 Å². The Morgan fingerprint density at radius 2 is 2.04 bits per heavy atom. The van der Waals surface area contributed by atoms with Crippen LogP contribution in [0.5, 0.6) is 0 Å². The zero-order valence-electron chi connectivity index (χ0n) is 14.8. The molecule has 2 fully saturated rings. The SMILES string of the molecule is C/C1=C\CC[C@@]2(C)O[C@@H]2[C@H]2OC(=O)/C(=C/c3ccc(N)cc3)[C@@H]2CC1. The van der Waals surface area contributed by atoms with Crippen LogP contribution in [0, 0.1) is 5.92 Å². The van der Waals surface area contributed by atoms with Gasteiger partial charge in [0, 0.05) is 17.2 Å². The molecule has 4 heteroatoms. The van der Waals surface area contributed by atoms with E-state index in [-0.39, 0.29) is 29.7 Å². The molecule has 3 aliphatic rings. The molecule has 132 valence electrons. The predicted molar refractivity (Wildman–Crippen MR) is 97.7 cm³/mol. The van der Waals surface area contributed by atoms with Crippen molar-refractivity contribution in [2.75, 3.05) is 5.73 Å². The molecule has 1 aromatic rings. The van der Waals surface area contributed by atoms with Crippen molar-refractivity contribution in [3.05, 3.63) is 47.1 Å². The van der Waals surface area contributed by atoms with Crippen LogP contribution in [-0.4, -0.2) is 23.8 Å². The molecule has 0 amide bonds. The number of nitrogen functional groups attached to an aromatic ring is 1. The molecule has 4 nitrogen and oxygen atoms in total. The Kier molecular flexibility index (Phi) is 3.95. The molecular formula is C21H25NO3. The smallest absolute Gasteiger partial charge is 0.334 e. The summed E-state index contributed by atoms with van der Waals surface area (Å²) in [7, 11) is 0. The van der Waals surface area contributed by atoms with E-state index in [9.17, 15) is 4.79 Å². The van der Waals surface area contributed by atoms with Gasteiger partial charge in [0.1, 0.15) is 12.2 Å². The minimum atomic E-state index is -0.203.